The Balaban J connectivity index is 1.45. The topological polar surface area (TPSA) is 77.7 Å². The molecule has 3 aliphatic rings. The Hall–Kier alpha value is -1.91. The number of hydrogen-bond donors (Lipinski definition) is 3. The number of rotatable bonds is 7. The summed E-state index contributed by atoms with van der Waals surface area (Å²) in [5.74, 6) is -2.54. The van der Waals surface area contributed by atoms with E-state index >= 15 is 0 Å². The van der Waals surface area contributed by atoms with Gasteiger partial charge in [-0.2, -0.15) is 0 Å². The van der Waals surface area contributed by atoms with Crippen LogP contribution < -0.4 is 5.32 Å². The SMILES string of the molecule is O=C(Nc1ccc(F)c(F)c1)c1c(Cl)c(SN2C(CO)C3(CCO)CCC23)c2n1CCC=C2. The van der Waals surface area contributed by atoms with Crippen molar-refractivity contribution in [2.24, 2.45) is 5.41 Å². The maximum atomic E-state index is 13.6. The zero-order chi connectivity index (χ0) is 23.3. The van der Waals surface area contributed by atoms with E-state index in [1.807, 2.05) is 16.7 Å². The summed E-state index contributed by atoms with van der Waals surface area (Å²) >= 11 is 8.19. The summed E-state index contributed by atoms with van der Waals surface area (Å²) in [6.07, 6.45) is 7.30. The second-order valence-electron chi connectivity index (χ2n) is 8.71. The first-order chi connectivity index (χ1) is 15.9. The summed E-state index contributed by atoms with van der Waals surface area (Å²) in [6, 6.07) is 3.33. The van der Waals surface area contributed by atoms with Gasteiger partial charge >= 0.3 is 0 Å². The molecule has 0 spiro atoms. The molecule has 1 saturated carbocycles. The highest BCUT2D eigenvalue weighted by Crippen LogP contribution is 2.63. The third kappa shape index (κ3) is 3.52. The summed E-state index contributed by atoms with van der Waals surface area (Å²) in [5, 5.41) is 22.4. The summed E-state index contributed by atoms with van der Waals surface area (Å²) in [4.78, 5) is 13.9. The molecule has 3 N–H and O–H groups in total. The zero-order valence-corrected chi connectivity index (χ0v) is 19.3. The van der Waals surface area contributed by atoms with Crippen LogP contribution in [0.1, 0.15) is 41.9 Å². The van der Waals surface area contributed by atoms with Crippen LogP contribution in [0.3, 0.4) is 0 Å². The Morgan fingerprint density at radius 2 is 2.12 bits per heavy atom. The Kier molecular flexibility index (Phi) is 6.03. The molecule has 0 bridgehead atoms. The predicted molar refractivity (Wildman–Crippen MR) is 123 cm³/mol. The van der Waals surface area contributed by atoms with Crippen LogP contribution in [0.25, 0.3) is 6.08 Å². The lowest BCUT2D eigenvalue weighted by atomic mass is 9.52. The van der Waals surface area contributed by atoms with Gasteiger partial charge in [0.25, 0.3) is 5.91 Å². The number of aliphatic hydroxyl groups excluding tert-OH is 2. The molecule has 0 radical (unpaired) electrons. The molecule has 10 heteroatoms. The van der Waals surface area contributed by atoms with E-state index < -0.39 is 17.5 Å². The molecule has 2 fully saturated rings. The van der Waals surface area contributed by atoms with Gasteiger partial charge in [0.05, 0.1) is 28.3 Å². The minimum Gasteiger partial charge on any atom is -0.396 e. The number of piperidine rings is 1. The molecular formula is C23H24ClF2N3O3S. The largest absolute Gasteiger partial charge is 0.396 e. The predicted octanol–water partition coefficient (Wildman–Crippen LogP) is 4.30. The quantitative estimate of drug-likeness (QED) is 0.499. The number of carbonyl (C=O) groups is 1. The average Bonchev–Trinajstić information content (AvgIpc) is 3.06. The second-order valence-corrected chi connectivity index (χ2v) is 10.1. The van der Waals surface area contributed by atoms with Crippen molar-refractivity contribution in [1.29, 1.82) is 0 Å². The number of fused-ring (bicyclic) bond motifs is 2. The molecule has 1 aromatic heterocycles. The number of allylic oxidation sites excluding steroid dienone is 1. The summed E-state index contributed by atoms with van der Waals surface area (Å²) in [5.41, 5.74) is 1.14. The molecule has 3 unspecified atom stereocenters. The van der Waals surface area contributed by atoms with Gasteiger partial charge < -0.3 is 20.1 Å². The molecule has 3 atom stereocenters. The lowest BCUT2D eigenvalue weighted by Gasteiger charge is -2.69. The smallest absolute Gasteiger partial charge is 0.273 e. The molecule has 2 aliphatic heterocycles. The van der Waals surface area contributed by atoms with Crippen molar-refractivity contribution in [3.63, 3.8) is 0 Å². The minimum atomic E-state index is -1.05. The van der Waals surface area contributed by atoms with E-state index in [0.29, 0.717) is 13.0 Å². The Bertz CT molecular complexity index is 1140. The number of aliphatic hydroxyl groups is 2. The second kappa shape index (κ2) is 8.70. The highest BCUT2D eigenvalue weighted by atomic mass is 35.5. The Labute approximate surface area is 199 Å². The number of benzene rings is 1. The molecule has 2 aromatic rings. The normalized spacial score (nSPS) is 25.7. The first-order valence-electron chi connectivity index (χ1n) is 10.9. The van der Waals surface area contributed by atoms with E-state index in [2.05, 4.69) is 9.62 Å². The first kappa shape index (κ1) is 22.9. The van der Waals surface area contributed by atoms with E-state index in [0.717, 1.165) is 42.0 Å². The van der Waals surface area contributed by atoms with Crippen LogP contribution in [0.2, 0.25) is 5.02 Å². The number of carbonyl (C=O) groups excluding carboxylic acids is 1. The molecule has 1 saturated heterocycles. The van der Waals surface area contributed by atoms with Crippen molar-refractivity contribution < 1.29 is 23.8 Å². The monoisotopic (exact) mass is 495 g/mol. The van der Waals surface area contributed by atoms with Crippen LogP contribution in [0, 0.1) is 17.0 Å². The average molecular weight is 496 g/mol. The third-order valence-electron chi connectivity index (χ3n) is 7.16. The maximum absolute atomic E-state index is 13.6. The van der Waals surface area contributed by atoms with Crippen LogP contribution in [0.4, 0.5) is 14.5 Å². The van der Waals surface area contributed by atoms with Crippen LogP contribution in [-0.2, 0) is 6.54 Å². The Morgan fingerprint density at radius 1 is 1.30 bits per heavy atom. The fraction of sp³-hybridized carbons (Fsp3) is 0.435. The molecule has 1 aromatic carbocycles. The van der Waals surface area contributed by atoms with Gasteiger partial charge in [0.1, 0.15) is 5.69 Å². The minimum absolute atomic E-state index is 0.0174. The van der Waals surface area contributed by atoms with Gasteiger partial charge in [0, 0.05) is 36.4 Å². The van der Waals surface area contributed by atoms with Gasteiger partial charge in [0.15, 0.2) is 11.6 Å². The van der Waals surface area contributed by atoms with E-state index in [1.165, 1.54) is 18.0 Å². The number of amides is 1. The molecule has 1 aliphatic carbocycles. The molecular weight excluding hydrogens is 472 g/mol. The highest BCUT2D eigenvalue weighted by molar-refractivity contribution is 7.97. The third-order valence-corrected chi connectivity index (χ3v) is 8.96. The van der Waals surface area contributed by atoms with Crippen molar-refractivity contribution in [1.82, 2.24) is 8.87 Å². The molecule has 176 valence electrons. The van der Waals surface area contributed by atoms with Crippen molar-refractivity contribution in [3.8, 4) is 0 Å². The molecule has 1 amide bonds. The van der Waals surface area contributed by atoms with Gasteiger partial charge in [0.2, 0.25) is 0 Å². The van der Waals surface area contributed by atoms with Gasteiger partial charge in [-0.05, 0) is 55.8 Å². The lowest BCUT2D eigenvalue weighted by molar-refractivity contribution is -0.174. The Morgan fingerprint density at radius 3 is 2.79 bits per heavy atom. The number of aromatic nitrogens is 1. The van der Waals surface area contributed by atoms with E-state index in [9.17, 15) is 23.8 Å². The van der Waals surface area contributed by atoms with Gasteiger partial charge in [-0.15, -0.1) is 0 Å². The van der Waals surface area contributed by atoms with Gasteiger partial charge in [-0.1, -0.05) is 17.7 Å². The number of nitrogens with zero attached hydrogens (tertiary/aromatic N) is 2. The summed E-state index contributed by atoms with van der Waals surface area (Å²) < 4.78 is 30.8. The maximum Gasteiger partial charge on any atom is 0.273 e. The van der Waals surface area contributed by atoms with Crippen molar-refractivity contribution in [2.45, 2.75) is 49.2 Å². The van der Waals surface area contributed by atoms with Crippen LogP contribution in [0.15, 0.2) is 29.2 Å². The molecule has 33 heavy (non-hydrogen) atoms. The fourth-order valence-corrected chi connectivity index (χ4v) is 7.31. The number of nitrogens with one attached hydrogen (secondary N) is 1. The number of halogens is 3. The molecule has 6 nitrogen and oxygen atoms in total. The van der Waals surface area contributed by atoms with Gasteiger partial charge in [-0.3, -0.25) is 4.79 Å². The molecule has 5 rings (SSSR count). The van der Waals surface area contributed by atoms with E-state index in [1.54, 1.807) is 0 Å². The summed E-state index contributed by atoms with van der Waals surface area (Å²) in [6.45, 7) is 0.634. The lowest BCUT2D eigenvalue weighted by Crippen LogP contribution is -2.75. The number of anilines is 1. The van der Waals surface area contributed by atoms with Crippen LogP contribution >= 0.6 is 23.5 Å². The molecule has 3 heterocycles. The van der Waals surface area contributed by atoms with Crippen molar-refractivity contribution in [3.05, 3.63) is 52.3 Å². The fourth-order valence-electron chi connectivity index (χ4n) is 5.41. The van der Waals surface area contributed by atoms with E-state index in [-0.39, 0.29) is 47.1 Å². The number of hydrogen-bond acceptors (Lipinski definition) is 5. The van der Waals surface area contributed by atoms with Crippen LogP contribution in [-0.4, -0.2) is 50.3 Å². The van der Waals surface area contributed by atoms with Crippen molar-refractivity contribution in [2.75, 3.05) is 18.5 Å². The van der Waals surface area contributed by atoms with Crippen LogP contribution in [0.5, 0.6) is 0 Å². The van der Waals surface area contributed by atoms with E-state index in [4.69, 9.17) is 11.6 Å². The zero-order valence-electron chi connectivity index (χ0n) is 17.7. The standard InChI is InChI=1S/C23H24ClF2N3O3S/c24-19-20(22(32)27-13-4-5-14(25)15(26)11-13)28-9-2-1-3-16(28)21(19)33-29-17-6-7-23(17,8-10-30)18(29)12-31/h1,3-5,11,17-18,30-31H,2,6-10,12H2,(H,27,32). The van der Waals surface area contributed by atoms with Gasteiger partial charge in [-0.25, -0.2) is 13.1 Å². The first-order valence-corrected chi connectivity index (χ1v) is 12.1. The highest BCUT2D eigenvalue weighted by Gasteiger charge is 2.65. The van der Waals surface area contributed by atoms with Crippen molar-refractivity contribution >= 4 is 41.2 Å². The summed E-state index contributed by atoms with van der Waals surface area (Å²) in [7, 11) is 0.